The van der Waals surface area contributed by atoms with Gasteiger partial charge in [-0.3, -0.25) is 0 Å². The minimum atomic E-state index is -0.576. The van der Waals surface area contributed by atoms with Crippen LogP contribution in [0, 0.1) is 0 Å². The fraction of sp³-hybridized carbons (Fsp3) is 0.0851. The van der Waals surface area contributed by atoms with Crippen LogP contribution in [-0.2, 0) is 10.8 Å². The van der Waals surface area contributed by atoms with Crippen molar-refractivity contribution in [2.45, 2.75) is 24.7 Å². The molecule has 51 heavy (non-hydrogen) atoms. The monoisotopic (exact) mass is 655 g/mol. The molecule has 1 aliphatic carbocycles. The summed E-state index contributed by atoms with van der Waals surface area (Å²) in [7, 11) is 0. The summed E-state index contributed by atoms with van der Waals surface area (Å²) in [6.07, 6.45) is 0. The third kappa shape index (κ3) is 4.29. The number of aromatic nitrogens is 3. The summed E-state index contributed by atoms with van der Waals surface area (Å²) in [5, 5.41) is 2.26. The fourth-order valence-corrected chi connectivity index (χ4v) is 8.51. The van der Waals surface area contributed by atoms with E-state index in [2.05, 4.69) is 159 Å². The lowest BCUT2D eigenvalue weighted by Gasteiger charge is -2.50. The molecule has 0 saturated heterocycles. The van der Waals surface area contributed by atoms with Crippen LogP contribution >= 0.6 is 0 Å². The standard InChI is InChI=1S/C47H33N3O/c1-46(2)35-21-8-9-22-36(35)47(38-23-10-12-25-41(38)51-42-26-13-11-24-39(42)47)37-28-27-32(29-40(37)46)44-48-43(31-16-4-3-5-17-31)49-45(50-44)34-20-14-18-30-15-6-7-19-33(30)34/h3-29H,1-2H3. The third-order valence-electron chi connectivity index (χ3n) is 10.9. The van der Waals surface area contributed by atoms with Crippen molar-refractivity contribution < 1.29 is 4.74 Å². The van der Waals surface area contributed by atoms with Gasteiger partial charge in [0.15, 0.2) is 17.5 Å². The second kappa shape index (κ2) is 11.1. The highest BCUT2D eigenvalue weighted by Gasteiger charge is 2.52. The quantitative estimate of drug-likeness (QED) is 0.190. The van der Waals surface area contributed by atoms with Crippen molar-refractivity contribution in [1.82, 2.24) is 15.0 Å². The Hall–Kier alpha value is -6.39. The summed E-state index contributed by atoms with van der Waals surface area (Å²) in [5.74, 6) is 3.71. The van der Waals surface area contributed by atoms with E-state index in [9.17, 15) is 0 Å². The first kappa shape index (κ1) is 29.5. The summed E-state index contributed by atoms with van der Waals surface area (Å²) in [4.78, 5) is 15.5. The Morgan fingerprint density at radius 3 is 1.71 bits per heavy atom. The molecule has 10 rings (SSSR count). The van der Waals surface area contributed by atoms with E-state index in [1.165, 1.54) is 22.3 Å². The summed E-state index contributed by atoms with van der Waals surface area (Å²) in [6.45, 7) is 4.67. The van der Waals surface area contributed by atoms with Gasteiger partial charge in [-0.25, -0.2) is 15.0 Å². The molecule has 2 heterocycles. The normalized spacial score (nSPS) is 14.5. The number of ether oxygens (including phenoxy) is 1. The minimum Gasteiger partial charge on any atom is -0.457 e. The minimum absolute atomic E-state index is 0.316. The number of hydrogen-bond donors (Lipinski definition) is 0. The maximum absolute atomic E-state index is 6.59. The lowest BCUT2D eigenvalue weighted by atomic mass is 9.53. The van der Waals surface area contributed by atoms with E-state index in [1.807, 2.05) is 18.2 Å². The zero-order chi connectivity index (χ0) is 34.2. The maximum atomic E-state index is 6.59. The molecule has 1 aliphatic heterocycles. The first-order valence-corrected chi connectivity index (χ1v) is 17.5. The van der Waals surface area contributed by atoms with E-state index in [0.29, 0.717) is 17.5 Å². The molecule has 0 saturated carbocycles. The highest BCUT2D eigenvalue weighted by molar-refractivity contribution is 5.95. The maximum Gasteiger partial charge on any atom is 0.164 e. The van der Waals surface area contributed by atoms with Crippen LogP contribution in [0.1, 0.15) is 47.2 Å². The third-order valence-corrected chi connectivity index (χ3v) is 10.9. The average Bonchev–Trinajstić information content (AvgIpc) is 3.19. The van der Waals surface area contributed by atoms with Crippen LogP contribution in [-0.4, -0.2) is 15.0 Å². The van der Waals surface area contributed by atoms with E-state index < -0.39 is 5.41 Å². The molecule has 0 fully saturated rings. The predicted octanol–water partition coefficient (Wildman–Crippen LogP) is 11.2. The Bertz CT molecular complexity index is 2610. The molecular formula is C47H33N3O. The van der Waals surface area contributed by atoms with Crippen LogP contribution in [0.25, 0.3) is 44.9 Å². The van der Waals surface area contributed by atoms with Gasteiger partial charge < -0.3 is 4.74 Å². The largest absolute Gasteiger partial charge is 0.457 e. The second-order valence-corrected chi connectivity index (χ2v) is 14.0. The van der Waals surface area contributed by atoms with Crippen LogP contribution in [0.5, 0.6) is 11.5 Å². The van der Waals surface area contributed by atoms with Gasteiger partial charge in [-0.05, 0) is 51.2 Å². The van der Waals surface area contributed by atoms with Crippen molar-refractivity contribution in [3.63, 3.8) is 0 Å². The van der Waals surface area contributed by atoms with Crippen molar-refractivity contribution in [1.29, 1.82) is 0 Å². The molecule has 0 radical (unpaired) electrons. The van der Waals surface area contributed by atoms with Gasteiger partial charge in [0.2, 0.25) is 0 Å². The lowest BCUT2D eigenvalue weighted by Crippen LogP contribution is -2.43. The molecule has 7 aromatic carbocycles. The van der Waals surface area contributed by atoms with Gasteiger partial charge in [0.1, 0.15) is 11.5 Å². The average molecular weight is 656 g/mol. The Morgan fingerprint density at radius 1 is 0.412 bits per heavy atom. The molecule has 4 heteroatoms. The first-order chi connectivity index (χ1) is 25.0. The zero-order valence-corrected chi connectivity index (χ0v) is 28.3. The lowest BCUT2D eigenvalue weighted by molar-refractivity contribution is 0.425. The van der Waals surface area contributed by atoms with Crippen LogP contribution in [0.2, 0.25) is 0 Å². The summed E-state index contributed by atoms with van der Waals surface area (Å²) >= 11 is 0. The molecule has 2 aliphatic rings. The summed E-state index contributed by atoms with van der Waals surface area (Å²) in [6, 6.07) is 57.7. The number of hydrogen-bond acceptors (Lipinski definition) is 4. The smallest absolute Gasteiger partial charge is 0.164 e. The van der Waals surface area contributed by atoms with Gasteiger partial charge in [0.25, 0.3) is 0 Å². The molecule has 242 valence electrons. The van der Waals surface area contributed by atoms with Gasteiger partial charge in [0.05, 0.1) is 5.41 Å². The van der Waals surface area contributed by atoms with E-state index in [4.69, 9.17) is 19.7 Å². The van der Waals surface area contributed by atoms with E-state index in [0.717, 1.165) is 50.1 Å². The number of nitrogens with zero attached hydrogens (tertiary/aromatic N) is 3. The number of benzene rings is 7. The molecule has 1 aromatic heterocycles. The van der Waals surface area contributed by atoms with Gasteiger partial charge in [-0.2, -0.15) is 0 Å². The Kier molecular flexibility index (Phi) is 6.40. The summed E-state index contributed by atoms with van der Waals surface area (Å²) in [5.41, 5.74) is 9.32. The molecule has 8 aromatic rings. The van der Waals surface area contributed by atoms with Crippen LogP contribution < -0.4 is 4.74 Å². The van der Waals surface area contributed by atoms with Crippen LogP contribution in [0.15, 0.2) is 164 Å². The molecule has 0 amide bonds. The number of fused-ring (bicyclic) bond motifs is 9. The molecule has 0 N–H and O–H groups in total. The van der Waals surface area contributed by atoms with Crippen molar-refractivity contribution in [2.24, 2.45) is 0 Å². The van der Waals surface area contributed by atoms with Crippen LogP contribution in [0.3, 0.4) is 0 Å². The second-order valence-electron chi connectivity index (χ2n) is 14.0. The van der Waals surface area contributed by atoms with Gasteiger partial charge in [0, 0.05) is 33.2 Å². The van der Waals surface area contributed by atoms with Gasteiger partial charge in [-0.15, -0.1) is 0 Å². The van der Waals surface area contributed by atoms with Crippen molar-refractivity contribution >= 4 is 10.8 Å². The molecule has 0 bridgehead atoms. The van der Waals surface area contributed by atoms with Crippen molar-refractivity contribution in [2.75, 3.05) is 0 Å². The van der Waals surface area contributed by atoms with E-state index >= 15 is 0 Å². The molecule has 0 atom stereocenters. The summed E-state index contributed by atoms with van der Waals surface area (Å²) < 4.78 is 6.59. The van der Waals surface area contributed by atoms with Crippen LogP contribution in [0.4, 0.5) is 0 Å². The molecule has 0 unspecified atom stereocenters. The highest BCUT2D eigenvalue weighted by Crippen LogP contribution is 2.61. The molecular weight excluding hydrogens is 623 g/mol. The predicted molar refractivity (Wildman–Crippen MR) is 204 cm³/mol. The Morgan fingerprint density at radius 2 is 0.961 bits per heavy atom. The number of rotatable bonds is 3. The number of para-hydroxylation sites is 2. The van der Waals surface area contributed by atoms with Crippen molar-refractivity contribution in [3.05, 3.63) is 197 Å². The van der Waals surface area contributed by atoms with Gasteiger partial charge >= 0.3 is 0 Å². The Balaban J connectivity index is 1.26. The highest BCUT2D eigenvalue weighted by atomic mass is 16.5. The van der Waals surface area contributed by atoms with Gasteiger partial charge in [-0.1, -0.05) is 159 Å². The van der Waals surface area contributed by atoms with E-state index in [1.54, 1.807) is 0 Å². The molecule has 4 nitrogen and oxygen atoms in total. The Labute approximate surface area is 297 Å². The first-order valence-electron chi connectivity index (χ1n) is 17.5. The van der Waals surface area contributed by atoms with Crippen molar-refractivity contribution in [3.8, 4) is 45.7 Å². The fourth-order valence-electron chi connectivity index (χ4n) is 8.51. The zero-order valence-electron chi connectivity index (χ0n) is 28.3. The van der Waals surface area contributed by atoms with E-state index in [-0.39, 0.29) is 5.41 Å². The SMILES string of the molecule is CC1(C)c2ccccc2C2(c3ccccc3Oc3ccccc32)c2ccc(-c3nc(-c4ccccc4)nc(-c4cccc5ccccc45)n3)cc21. The topological polar surface area (TPSA) is 47.9 Å². The molecule has 1 spiro atoms.